The van der Waals surface area contributed by atoms with Gasteiger partial charge in [-0.25, -0.2) is 0 Å². The fraction of sp³-hybridized carbons (Fsp3) is 0.370. The molecule has 2 aromatic carbocycles. The summed E-state index contributed by atoms with van der Waals surface area (Å²) in [5.74, 6) is 0.475. The van der Waals surface area contributed by atoms with Crippen molar-refractivity contribution in [1.82, 2.24) is 0 Å². The highest BCUT2D eigenvalue weighted by Crippen LogP contribution is 2.45. The predicted octanol–water partition coefficient (Wildman–Crippen LogP) is 7.98. The third-order valence-electron chi connectivity index (χ3n) is 6.05. The number of rotatable bonds is 12. The van der Waals surface area contributed by atoms with E-state index < -0.39 is 0 Å². The lowest BCUT2D eigenvalue weighted by Gasteiger charge is -2.30. The molecule has 0 aromatic heterocycles. The summed E-state index contributed by atoms with van der Waals surface area (Å²) in [6.07, 6.45) is 10.8. The lowest BCUT2D eigenvalue weighted by atomic mass is 9.76. The van der Waals surface area contributed by atoms with Crippen molar-refractivity contribution in [2.24, 2.45) is 5.41 Å². The molecule has 30 heavy (non-hydrogen) atoms. The molecule has 0 saturated heterocycles. The van der Waals surface area contributed by atoms with E-state index in [0.29, 0.717) is 16.3 Å². The molecule has 0 heterocycles. The second-order valence-electron chi connectivity index (χ2n) is 8.04. The van der Waals surface area contributed by atoms with Crippen LogP contribution in [0.4, 0.5) is 0 Å². The van der Waals surface area contributed by atoms with Crippen molar-refractivity contribution < 1.29 is 4.79 Å². The number of benzene rings is 2. The van der Waals surface area contributed by atoms with Crippen LogP contribution in [-0.2, 0) is 4.79 Å². The molecule has 1 aliphatic carbocycles. The van der Waals surface area contributed by atoms with Gasteiger partial charge in [-0.15, -0.1) is 36.7 Å². The summed E-state index contributed by atoms with van der Waals surface area (Å²) >= 11 is 3.71. The maximum absolute atomic E-state index is 12.9. The van der Waals surface area contributed by atoms with Gasteiger partial charge in [0.2, 0.25) is 0 Å². The Morgan fingerprint density at radius 2 is 1.30 bits per heavy atom. The Bertz CT molecular complexity index is 758. The molecular formula is C27H32OS2. The molecule has 1 nitrogen and oxygen atoms in total. The van der Waals surface area contributed by atoms with E-state index in [1.807, 2.05) is 47.8 Å². The first-order valence-electron chi connectivity index (χ1n) is 10.9. The number of carbonyl (C=O) groups is 1. The van der Waals surface area contributed by atoms with Gasteiger partial charge < -0.3 is 0 Å². The SMILES string of the molecule is C=C[C@H](CCC1(CC[C@H](C=C)Sc2ccccc2)CCCC1=O)Sc1ccccc1. The molecule has 0 bridgehead atoms. The molecule has 1 fully saturated rings. The summed E-state index contributed by atoms with van der Waals surface area (Å²) in [5.41, 5.74) is -0.156. The minimum atomic E-state index is -0.156. The smallest absolute Gasteiger partial charge is 0.139 e. The van der Waals surface area contributed by atoms with Crippen LogP contribution in [0.1, 0.15) is 44.9 Å². The fourth-order valence-electron chi connectivity index (χ4n) is 4.28. The van der Waals surface area contributed by atoms with Gasteiger partial charge in [-0.3, -0.25) is 4.79 Å². The summed E-state index contributed by atoms with van der Waals surface area (Å²) in [4.78, 5) is 15.5. The average molecular weight is 437 g/mol. The Kier molecular flexibility index (Phi) is 8.89. The van der Waals surface area contributed by atoms with E-state index in [-0.39, 0.29) is 5.41 Å². The van der Waals surface area contributed by atoms with Crippen molar-refractivity contribution in [3.63, 3.8) is 0 Å². The molecule has 3 rings (SSSR count). The topological polar surface area (TPSA) is 17.1 Å². The third-order valence-corrected chi connectivity index (χ3v) is 8.60. The van der Waals surface area contributed by atoms with Gasteiger partial charge in [-0.2, -0.15) is 0 Å². The zero-order valence-electron chi connectivity index (χ0n) is 17.7. The van der Waals surface area contributed by atoms with E-state index in [2.05, 4.69) is 61.7 Å². The average Bonchev–Trinajstić information content (AvgIpc) is 3.15. The van der Waals surface area contributed by atoms with Gasteiger partial charge in [-0.1, -0.05) is 48.6 Å². The maximum atomic E-state index is 12.9. The van der Waals surface area contributed by atoms with Gasteiger partial charge in [0, 0.05) is 32.1 Å². The normalized spacial score (nSPS) is 20.6. The highest BCUT2D eigenvalue weighted by Gasteiger charge is 2.41. The molecule has 0 aliphatic heterocycles. The summed E-state index contributed by atoms with van der Waals surface area (Å²) < 4.78 is 0. The Labute approximate surface area is 190 Å². The van der Waals surface area contributed by atoms with Gasteiger partial charge in [0.05, 0.1) is 0 Å². The first kappa shape index (κ1) is 23.0. The van der Waals surface area contributed by atoms with Crippen molar-refractivity contribution in [2.75, 3.05) is 0 Å². The molecule has 0 radical (unpaired) electrons. The lowest BCUT2D eigenvalue weighted by Crippen LogP contribution is -2.28. The molecule has 1 unspecified atom stereocenters. The number of thioether (sulfide) groups is 2. The molecule has 0 spiro atoms. The Morgan fingerprint density at radius 1 is 0.833 bits per heavy atom. The first-order chi connectivity index (χ1) is 14.6. The molecular weight excluding hydrogens is 404 g/mol. The van der Waals surface area contributed by atoms with Crippen LogP contribution in [0, 0.1) is 5.41 Å². The van der Waals surface area contributed by atoms with Crippen LogP contribution >= 0.6 is 23.5 Å². The summed E-state index contributed by atoms with van der Waals surface area (Å²) in [6, 6.07) is 21.0. The molecule has 158 valence electrons. The zero-order chi connectivity index (χ0) is 21.2. The Hall–Kier alpha value is -1.71. The zero-order valence-corrected chi connectivity index (χ0v) is 19.3. The second-order valence-corrected chi connectivity index (χ2v) is 10.7. The van der Waals surface area contributed by atoms with Gasteiger partial charge in [0.15, 0.2) is 0 Å². The van der Waals surface area contributed by atoms with E-state index in [4.69, 9.17) is 0 Å². The molecule has 3 heteroatoms. The van der Waals surface area contributed by atoms with Crippen LogP contribution in [0.25, 0.3) is 0 Å². The number of carbonyl (C=O) groups excluding carboxylic acids is 1. The van der Waals surface area contributed by atoms with Crippen molar-refractivity contribution in [3.8, 4) is 0 Å². The highest BCUT2D eigenvalue weighted by molar-refractivity contribution is 8.00. The van der Waals surface area contributed by atoms with E-state index >= 15 is 0 Å². The molecule has 3 atom stereocenters. The van der Waals surface area contributed by atoms with Crippen molar-refractivity contribution in [2.45, 2.75) is 65.2 Å². The third kappa shape index (κ3) is 6.39. The molecule has 2 aromatic rings. The van der Waals surface area contributed by atoms with E-state index in [1.54, 1.807) is 0 Å². The number of Topliss-reactive ketones (excluding diaryl/α,β-unsaturated/α-hetero) is 1. The van der Waals surface area contributed by atoms with E-state index in [0.717, 1.165) is 44.9 Å². The molecule has 1 saturated carbocycles. The predicted molar refractivity (Wildman–Crippen MR) is 132 cm³/mol. The molecule has 1 aliphatic rings. The van der Waals surface area contributed by atoms with Crippen LogP contribution in [-0.4, -0.2) is 16.3 Å². The Morgan fingerprint density at radius 3 is 1.67 bits per heavy atom. The van der Waals surface area contributed by atoms with Crippen LogP contribution < -0.4 is 0 Å². The van der Waals surface area contributed by atoms with Gasteiger partial charge in [0.25, 0.3) is 0 Å². The second kappa shape index (κ2) is 11.6. The van der Waals surface area contributed by atoms with Crippen molar-refractivity contribution >= 4 is 29.3 Å². The fourth-order valence-corrected chi connectivity index (χ4v) is 6.27. The standard InChI is InChI=1S/C27H32OS2/c1-3-22(29-24-12-7-5-8-13-24)17-20-27(19-11-16-26(27)28)21-18-23(4-2)30-25-14-9-6-10-15-25/h3-10,12-15,22-23H,1-2,11,16-21H2/t22-,23+,27?. The van der Waals surface area contributed by atoms with Gasteiger partial charge >= 0.3 is 0 Å². The van der Waals surface area contributed by atoms with Crippen molar-refractivity contribution in [1.29, 1.82) is 0 Å². The minimum absolute atomic E-state index is 0.156. The number of ketones is 1. The Balaban J connectivity index is 1.60. The molecule has 0 N–H and O–H groups in total. The summed E-state index contributed by atoms with van der Waals surface area (Å²) in [6.45, 7) is 8.11. The van der Waals surface area contributed by atoms with Crippen LogP contribution in [0.2, 0.25) is 0 Å². The molecule has 0 amide bonds. The van der Waals surface area contributed by atoms with Crippen LogP contribution in [0.5, 0.6) is 0 Å². The summed E-state index contributed by atoms with van der Waals surface area (Å²) in [5, 5.41) is 0.679. The van der Waals surface area contributed by atoms with Crippen LogP contribution in [0.15, 0.2) is 95.8 Å². The van der Waals surface area contributed by atoms with Gasteiger partial charge in [0.1, 0.15) is 5.78 Å². The largest absolute Gasteiger partial charge is 0.299 e. The monoisotopic (exact) mass is 436 g/mol. The number of hydrogen-bond donors (Lipinski definition) is 0. The minimum Gasteiger partial charge on any atom is -0.299 e. The van der Waals surface area contributed by atoms with Gasteiger partial charge in [-0.05, 0) is 62.8 Å². The maximum Gasteiger partial charge on any atom is 0.139 e. The lowest BCUT2D eigenvalue weighted by molar-refractivity contribution is -0.126. The van der Waals surface area contributed by atoms with E-state index in [9.17, 15) is 4.79 Å². The van der Waals surface area contributed by atoms with Crippen LogP contribution in [0.3, 0.4) is 0 Å². The highest BCUT2D eigenvalue weighted by atomic mass is 32.2. The first-order valence-corrected chi connectivity index (χ1v) is 12.6. The van der Waals surface area contributed by atoms with Crippen molar-refractivity contribution in [3.05, 3.63) is 86.0 Å². The summed E-state index contributed by atoms with van der Waals surface area (Å²) in [7, 11) is 0. The number of hydrogen-bond acceptors (Lipinski definition) is 3. The quantitative estimate of drug-likeness (QED) is 0.248. The van der Waals surface area contributed by atoms with E-state index in [1.165, 1.54) is 9.79 Å².